The first kappa shape index (κ1) is 18.3. The Hall–Kier alpha value is -1.06. The van der Waals surface area contributed by atoms with Crippen LogP contribution in [0.3, 0.4) is 0 Å². The van der Waals surface area contributed by atoms with E-state index in [9.17, 15) is 9.59 Å². The summed E-state index contributed by atoms with van der Waals surface area (Å²) in [6.45, 7) is 4.31. The second kappa shape index (κ2) is 9.29. The Bertz CT molecular complexity index is 357. The van der Waals surface area contributed by atoms with Gasteiger partial charge >= 0.3 is 11.9 Å². The molecule has 132 valence electrons. The minimum Gasteiger partial charge on any atom is -0.462 e. The zero-order valence-electron chi connectivity index (χ0n) is 14.7. The summed E-state index contributed by atoms with van der Waals surface area (Å²) in [5.41, 5.74) is 0. The van der Waals surface area contributed by atoms with Crippen LogP contribution < -0.4 is 0 Å². The molecule has 2 rings (SSSR count). The van der Waals surface area contributed by atoms with E-state index in [4.69, 9.17) is 9.47 Å². The molecular formula is C19H32O4. The van der Waals surface area contributed by atoms with Crippen LogP contribution in [0.2, 0.25) is 0 Å². The first-order valence-corrected chi connectivity index (χ1v) is 9.45. The smallest absolute Gasteiger partial charge is 0.306 e. The third-order valence-corrected chi connectivity index (χ3v) is 5.39. The molecule has 0 bridgehead atoms. The lowest BCUT2D eigenvalue weighted by Crippen LogP contribution is -2.29. The summed E-state index contributed by atoms with van der Waals surface area (Å²) in [7, 11) is 0. The van der Waals surface area contributed by atoms with Gasteiger partial charge in [-0.1, -0.05) is 26.7 Å². The van der Waals surface area contributed by atoms with Crippen molar-refractivity contribution in [3.63, 3.8) is 0 Å². The molecule has 0 aromatic rings. The second-order valence-corrected chi connectivity index (χ2v) is 7.43. The van der Waals surface area contributed by atoms with Gasteiger partial charge in [-0.25, -0.2) is 0 Å². The van der Waals surface area contributed by atoms with Crippen LogP contribution in [-0.4, -0.2) is 24.1 Å². The molecular weight excluding hydrogens is 292 g/mol. The Labute approximate surface area is 140 Å². The molecule has 4 nitrogen and oxygen atoms in total. The number of esters is 2. The summed E-state index contributed by atoms with van der Waals surface area (Å²) in [6, 6.07) is 0. The maximum atomic E-state index is 11.9. The van der Waals surface area contributed by atoms with Crippen LogP contribution in [0.15, 0.2) is 0 Å². The van der Waals surface area contributed by atoms with Crippen molar-refractivity contribution in [1.82, 2.24) is 0 Å². The first-order valence-electron chi connectivity index (χ1n) is 9.45. The first-order chi connectivity index (χ1) is 11.1. The van der Waals surface area contributed by atoms with Crippen molar-refractivity contribution >= 4 is 11.9 Å². The number of hydrogen-bond donors (Lipinski definition) is 0. The fourth-order valence-electron chi connectivity index (χ4n) is 3.75. The van der Waals surface area contributed by atoms with E-state index in [0.29, 0.717) is 31.1 Å². The molecule has 0 amide bonds. The summed E-state index contributed by atoms with van der Waals surface area (Å²) in [5.74, 6) is 0.598. The summed E-state index contributed by atoms with van der Waals surface area (Å²) in [4.78, 5) is 23.8. The van der Waals surface area contributed by atoms with Gasteiger partial charge in [-0.05, 0) is 56.8 Å². The van der Waals surface area contributed by atoms with Crippen molar-refractivity contribution < 1.29 is 19.1 Å². The molecule has 0 heterocycles. The SMILES string of the molecule is CC1CCCCC1OC(=O)CCCC(=O)OC1CCCCC1C. The molecule has 0 spiro atoms. The summed E-state index contributed by atoms with van der Waals surface area (Å²) in [6.07, 6.45) is 10.3. The number of carbonyl (C=O) groups excluding carboxylic acids is 2. The van der Waals surface area contributed by atoms with E-state index in [1.54, 1.807) is 0 Å². The molecule has 0 N–H and O–H groups in total. The molecule has 0 saturated heterocycles. The fraction of sp³-hybridized carbons (Fsp3) is 0.895. The molecule has 2 aliphatic rings. The molecule has 4 unspecified atom stereocenters. The topological polar surface area (TPSA) is 52.6 Å². The molecule has 4 heteroatoms. The van der Waals surface area contributed by atoms with Crippen LogP contribution in [0.4, 0.5) is 0 Å². The Balaban J connectivity index is 1.60. The standard InChI is InChI=1S/C19H32O4/c1-14-8-3-5-10-16(14)22-18(20)12-7-13-19(21)23-17-11-6-4-9-15(17)2/h14-17H,3-13H2,1-2H3. The lowest BCUT2D eigenvalue weighted by Gasteiger charge is -2.28. The van der Waals surface area contributed by atoms with E-state index in [1.807, 2.05) is 0 Å². The van der Waals surface area contributed by atoms with Crippen molar-refractivity contribution in [2.24, 2.45) is 11.8 Å². The predicted molar refractivity (Wildman–Crippen MR) is 88.9 cm³/mol. The van der Waals surface area contributed by atoms with Gasteiger partial charge in [-0.15, -0.1) is 0 Å². The summed E-state index contributed by atoms with van der Waals surface area (Å²) >= 11 is 0. The van der Waals surface area contributed by atoms with Crippen LogP contribution in [0.5, 0.6) is 0 Å². The van der Waals surface area contributed by atoms with E-state index in [-0.39, 0.29) is 24.1 Å². The Kier molecular flexibility index (Phi) is 7.38. The minimum atomic E-state index is -0.164. The van der Waals surface area contributed by atoms with E-state index >= 15 is 0 Å². The average molecular weight is 324 g/mol. The second-order valence-electron chi connectivity index (χ2n) is 7.43. The third kappa shape index (κ3) is 6.15. The van der Waals surface area contributed by atoms with Gasteiger partial charge in [-0.2, -0.15) is 0 Å². The van der Waals surface area contributed by atoms with Gasteiger partial charge in [-0.3, -0.25) is 9.59 Å². The Morgan fingerprint density at radius 3 is 1.52 bits per heavy atom. The highest BCUT2D eigenvalue weighted by Crippen LogP contribution is 2.28. The van der Waals surface area contributed by atoms with Gasteiger partial charge in [0.25, 0.3) is 0 Å². The zero-order valence-corrected chi connectivity index (χ0v) is 14.7. The van der Waals surface area contributed by atoms with Gasteiger partial charge in [0.15, 0.2) is 0 Å². The third-order valence-electron chi connectivity index (χ3n) is 5.39. The van der Waals surface area contributed by atoms with Crippen molar-refractivity contribution in [1.29, 1.82) is 0 Å². The van der Waals surface area contributed by atoms with Crippen molar-refractivity contribution in [2.75, 3.05) is 0 Å². The Morgan fingerprint density at radius 2 is 1.13 bits per heavy atom. The van der Waals surface area contributed by atoms with Gasteiger partial charge in [0.1, 0.15) is 12.2 Å². The maximum absolute atomic E-state index is 11.9. The number of ether oxygens (including phenoxy) is 2. The summed E-state index contributed by atoms with van der Waals surface area (Å²) in [5, 5.41) is 0. The fourth-order valence-corrected chi connectivity index (χ4v) is 3.75. The van der Waals surface area contributed by atoms with E-state index in [0.717, 1.165) is 38.5 Å². The van der Waals surface area contributed by atoms with Crippen LogP contribution in [0.25, 0.3) is 0 Å². The van der Waals surface area contributed by atoms with E-state index in [2.05, 4.69) is 13.8 Å². The van der Waals surface area contributed by atoms with Crippen LogP contribution in [0.1, 0.15) is 84.5 Å². The van der Waals surface area contributed by atoms with Gasteiger partial charge < -0.3 is 9.47 Å². The zero-order chi connectivity index (χ0) is 16.7. The molecule has 0 aliphatic heterocycles. The molecule has 0 radical (unpaired) electrons. The molecule has 23 heavy (non-hydrogen) atoms. The Morgan fingerprint density at radius 1 is 0.739 bits per heavy atom. The minimum absolute atomic E-state index is 0.0753. The largest absolute Gasteiger partial charge is 0.462 e. The highest BCUT2D eigenvalue weighted by Gasteiger charge is 2.26. The van der Waals surface area contributed by atoms with Crippen molar-refractivity contribution in [3.05, 3.63) is 0 Å². The maximum Gasteiger partial charge on any atom is 0.306 e. The monoisotopic (exact) mass is 324 g/mol. The van der Waals surface area contributed by atoms with Gasteiger partial charge in [0.2, 0.25) is 0 Å². The lowest BCUT2D eigenvalue weighted by atomic mass is 9.88. The quantitative estimate of drug-likeness (QED) is 0.680. The highest BCUT2D eigenvalue weighted by atomic mass is 16.5. The summed E-state index contributed by atoms with van der Waals surface area (Å²) < 4.78 is 11.1. The normalized spacial score (nSPS) is 31.4. The van der Waals surface area contributed by atoms with Crippen LogP contribution in [0, 0.1) is 11.8 Å². The number of carbonyl (C=O) groups is 2. The van der Waals surface area contributed by atoms with Crippen LogP contribution >= 0.6 is 0 Å². The highest BCUT2D eigenvalue weighted by molar-refractivity contribution is 5.72. The van der Waals surface area contributed by atoms with Crippen molar-refractivity contribution in [3.8, 4) is 0 Å². The predicted octanol–water partition coefficient (Wildman–Crippen LogP) is 4.40. The molecule has 2 saturated carbocycles. The lowest BCUT2D eigenvalue weighted by molar-refractivity contribution is -0.155. The molecule has 2 aliphatic carbocycles. The molecule has 0 aromatic heterocycles. The van der Waals surface area contributed by atoms with Gasteiger partial charge in [0.05, 0.1) is 0 Å². The molecule has 4 atom stereocenters. The van der Waals surface area contributed by atoms with E-state index in [1.165, 1.54) is 12.8 Å². The molecule has 0 aromatic carbocycles. The van der Waals surface area contributed by atoms with Crippen LogP contribution in [-0.2, 0) is 19.1 Å². The van der Waals surface area contributed by atoms with E-state index < -0.39 is 0 Å². The number of rotatable bonds is 6. The molecule has 2 fully saturated rings. The van der Waals surface area contributed by atoms with Crippen molar-refractivity contribution in [2.45, 2.75) is 96.7 Å². The number of hydrogen-bond acceptors (Lipinski definition) is 4. The average Bonchev–Trinajstić information content (AvgIpc) is 2.52. The van der Waals surface area contributed by atoms with Gasteiger partial charge in [0, 0.05) is 12.8 Å².